The lowest BCUT2D eigenvalue weighted by Crippen LogP contribution is -2.28. The van der Waals surface area contributed by atoms with Gasteiger partial charge >= 0.3 is 0 Å². The van der Waals surface area contributed by atoms with Gasteiger partial charge in [0.05, 0.1) is 11.4 Å². The van der Waals surface area contributed by atoms with Crippen molar-refractivity contribution in [3.63, 3.8) is 0 Å². The third-order valence-corrected chi connectivity index (χ3v) is 6.15. The maximum atomic E-state index is 11.9. The lowest BCUT2D eigenvalue weighted by Gasteiger charge is -2.17. The standard InChI is InChI=1S/C12H20N2O4S2/c1-4-19(15,16)9-10(2)14-11-7-5-6-8-12(11)20(17,18)13-3/h5-8,10,13-14H,4,9H2,1-3H3. The fraction of sp³-hybridized carbons (Fsp3) is 0.500. The Morgan fingerprint density at radius 1 is 1.15 bits per heavy atom. The summed E-state index contributed by atoms with van der Waals surface area (Å²) in [7, 11) is -5.38. The zero-order valence-electron chi connectivity index (χ0n) is 11.8. The highest BCUT2D eigenvalue weighted by molar-refractivity contribution is 7.91. The first-order valence-electron chi connectivity index (χ1n) is 6.21. The Labute approximate surface area is 120 Å². The summed E-state index contributed by atoms with van der Waals surface area (Å²) in [6.07, 6.45) is 0. The zero-order valence-corrected chi connectivity index (χ0v) is 13.4. The van der Waals surface area contributed by atoms with Crippen LogP contribution >= 0.6 is 0 Å². The normalized spacial score (nSPS) is 13.9. The molecule has 0 aliphatic heterocycles. The number of hydrogen-bond donors (Lipinski definition) is 2. The Morgan fingerprint density at radius 2 is 1.75 bits per heavy atom. The predicted molar refractivity (Wildman–Crippen MR) is 80.1 cm³/mol. The van der Waals surface area contributed by atoms with E-state index in [-0.39, 0.29) is 22.4 Å². The summed E-state index contributed by atoms with van der Waals surface area (Å²) in [6.45, 7) is 3.29. The van der Waals surface area contributed by atoms with Crippen LogP contribution < -0.4 is 10.0 Å². The highest BCUT2D eigenvalue weighted by Gasteiger charge is 2.19. The molecule has 2 N–H and O–H groups in total. The van der Waals surface area contributed by atoms with Crippen molar-refractivity contribution in [2.75, 3.05) is 23.9 Å². The van der Waals surface area contributed by atoms with Gasteiger partial charge in [0.25, 0.3) is 0 Å². The summed E-state index contributed by atoms with van der Waals surface area (Å²) in [5.74, 6) is 0.0208. The molecule has 0 radical (unpaired) electrons. The van der Waals surface area contributed by atoms with Crippen LogP contribution in [0.2, 0.25) is 0 Å². The van der Waals surface area contributed by atoms with E-state index in [1.165, 1.54) is 13.1 Å². The van der Waals surface area contributed by atoms with Gasteiger partial charge in [0.2, 0.25) is 10.0 Å². The summed E-state index contributed by atoms with van der Waals surface area (Å²) in [4.78, 5) is 0.100. The summed E-state index contributed by atoms with van der Waals surface area (Å²) in [5, 5.41) is 2.94. The molecule has 1 aromatic rings. The second-order valence-electron chi connectivity index (χ2n) is 4.45. The van der Waals surface area contributed by atoms with Gasteiger partial charge in [-0.15, -0.1) is 0 Å². The molecule has 0 bridgehead atoms. The van der Waals surface area contributed by atoms with Gasteiger partial charge in [0.15, 0.2) is 9.84 Å². The molecule has 0 aromatic heterocycles. The number of anilines is 1. The van der Waals surface area contributed by atoms with Crippen LogP contribution in [0.4, 0.5) is 5.69 Å². The molecule has 0 aliphatic carbocycles. The summed E-state index contributed by atoms with van der Waals surface area (Å²) in [6, 6.07) is 6.00. The van der Waals surface area contributed by atoms with Crippen molar-refractivity contribution in [1.29, 1.82) is 0 Å². The fourth-order valence-corrected chi connectivity index (χ4v) is 3.71. The largest absolute Gasteiger partial charge is 0.380 e. The molecule has 0 spiro atoms. The van der Waals surface area contributed by atoms with E-state index in [1.807, 2.05) is 0 Å². The number of nitrogens with one attached hydrogen (secondary N) is 2. The first-order chi connectivity index (χ1) is 9.22. The van der Waals surface area contributed by atoms with E-state index in [0.717, 1.165) is 0 Å². The second kappa shape index (κ2) is 6.55. The molecule has 8 heteroatoms. The Morgan fingerprint density at radius 3 is 2.30 bits per heavy atom. The van der Waals surface area contributed by atoms with Crippen LogP contribution in [0.1, 0.15) is 13.8 Å². The SMILES string of the molecule is CCS(=O)(=O)CC(C)Nc1ccccc1S(=O)(=O)NC. The maximum Gasteiger partial charge on any atom is 0.242 e. The zero-order chi connectivity index (χ0) is 15.4. The molecule has 1 rings (SSSR count). The Hall–Kier alpha value is -1.12. The summed E-state index contributed by atoms with van der Waals surface area (Å²) in [5.41, 5.74) is 0.389. The van der Waals surface area contributed by atoms with Crippen molar-refractivity contribution in [3.8, 4) is 0 Å². The van der Waals surface area contributed by atoms with Crippen LogP contribution in [0.5, 0.6) is 0 Å². The van der Waals surface area contributed by atoms with Crippen molar-refractivity contribution < 1.29 is 16.8 Å². The first-order valence-corrected chi connectivity index (χ1v) is 9.52. The number of sulfonamides is 1. The number of rotatable bonds is 7. The van der Waals surface area contributed by atoms with E-state index in [2.05, 4.69) is 10.0 Å². The monoisotopic (exact) mass is 320 g/mol. The average molecular weight is 320 g/mol. The molecule has 6 nitrogen and oxygen atoms in total. The molecule has 1 atom stereocenters. The predicted octanol–water partition coefficient (Wildman–Crippen LogP) is 0.830. The van der Waals surface area contributed by atoms with E-state index in [0.29, 0.717) is 5.69 Å². The molecule has 0 amide bonds. The van der Waals surface area contributed by atoms with Crippen molar-refractivity contribution in [2.45, 2.75) is 24.8 Å². The number of benzene rings is 1. The molecule has 20 heavy (non-hydrogen) atoms. The van der Waals surface area contributed by atoms with Gasteiger partial charge in [-0.2, -0.15) is 0 Å². The summed E-state index contributed by atoms with van der Waals surface area (Å²) < 4.78 is 49.1. The van der Waals surface area contributed by atoms with Gasteiger partial charge in [-0.3, -0.25) is 0 Å². The Balaban J connectivity index is 3.00. The van der Waals surface area contributed by atoms with Crippen molar-refractivity contribution >= 4 is 25.5 Å². The van der Waals surface area contributed by atoms with Gasteiger partial charge < -0.3 is 5.32 Å². The molecule has 0 heterocycles. The third kappa shape index (κ3) is 4.46. The fourth-order valence-electron chi connectivity index (χ4n) is 1.74. The summed E-state index contributed by atoms with van der Waals surface area (Å²) >= 11 is 0. The second-order valence-corrected chi connectivity index (χ2v) is 8.70. The topological polar surface area (TPSA) is 92.3 Å². The smallest absolute Gasteiger partial charge is 0.242 e. The quantitative estimate of drug-likeness (QED) is 0.776. The van der Waals surface area contributed by atoms with E-state index in [9.17, 15) is 16.8 Å². The van der Waals surface area contributed by atoms with Crippen molar-refractivity contribution in [1.82, 2.24) is 4.72 Å². The number of hydrogen-bond acceptors (Lipinski definition) is 5. The van der Waals surface area contributed by atoms with Crippen molar-refractivity contribution in [3.05, 3.63) is 24.3 Å². The van der Waals surface area contributed by atoms with Crippen LogP contribution in [0, 0.1) is 0 Å². The molecule has 114 valence electrons. The maximum absolute atomic E-state index is 11.9. The van der Waals surface area contributed by atoms with Crippen LogP contribution in [0.25, 0.3) is 0 Å². The van der Waals surface area contributed by atoms with Gasteiger partial charge in [-0.1, -0.05) is 19.1 Å². The number of para-hydroxylation sites is 1. The van der Waals surface area contributed by atoms with Gasteiger partial charge in [0.1, 0.15) is 4.90 Å². The Bertz CT molecular complexity index is 654. The van der Waals surface area contributed by atoms with Gasteiger partial charge in [-0.25, -0.2) is 21.6 Å². The van der Waals surface area contributed by atoms with Crippen LogP contribution in [0.15, 0.2) is 29.2 Å². The molecule has 0 fully saturated rings. The average Bonchev–Trinajstić information content (AvgIpc) is 2.38. The highest BCUT2D eigenvalue weighted by atomic mass is 32.2. The number of sulfone groups is 1. The van der Waals surface area contributed by atoms with Gasteiger partial charge in [-0.05, 0) is 26.1 Å². The minimum Gasteiger partial charge on any atom is -0.380 e. The molecule has 0 saturated carbocycles. The molecule has 1 unspecified atom stereocenters. The van der Waals surface area contributed by atoms with Crippen molar-refractivity contribution in [2.24, 2.45) is 0 Å². The van der Waals surface area contributed by atoms with Crippen LogP contribution in [-0.2, 0) is 19.9 Å². The van der Waals surface area contributed by atoms with Crippen LogP contribution in [-0.4, -0.2) is 41.4 Å². The molecule has 0 aliphatic rings. The van der Waals surface area contributed by atoms with E-state index < -0.39 is 19.9 Å². The van der Waals surface area contributed by atoms with Crippen LogP contribution in [0.3, 0.4) is 0 Å². The van der Waals surface area contributed by atoms with E-state index in [4.69, 9.17) is 0 Å². The molecule has 0 saturated heterocycles. The minimum absolute atomic E-state index is 0.0442. The first kappa shape index (κ1) is 16.9. The third-order valence-electron chi connectivity index (χ3n) is 2.79. The molecular weight excluding hydrogens is 300 g/mol. The molecular formula is C12H20N2O4S2. The Kier molecular flexibility index (Phi) is 5.55. The van der Waals surface area contributed by atoms with Gasteiger partial charge in [0, 0.05) is 11.8 Å². The lowest BCUT2D eigenvalue weighted by atomic mass is 10.3. The highest BCUT2D eigenvalue weighted by Crippen LogP contribution is 2.21. The molecule has 1 aromatic carbocycles. The van der Waals surface area contributed by atoms with E-state index >= 15 is 0 Å². The van der Waals surface area contributed by atoms with E-state index in [1.54, 1.807) is 32.0 Å². The minimum atomic E-state index is -3.59. The lowest BCUT2D eigenvalue weighted by molar-refractivity contribution is 0.588.